The number of anilines is 2. The Bertz CT molecular complexity index is 860. The fourth-order valence-electron chi connectivity index (χ4n) is 1.88. The number of amides is 1. The predicted octanol–water partition coefficient (Wildman–Crippen LogP) is 1.87. The van der Waals surface area contributed by atoms with Crippen LogP contribution in [0.5, 0.6) is 0 Å². The van der Waals surface area contributed by atoms with Gasteiger partial charge in [0.1, 0.15) is 0 Å². The average Bonchev–Trinajstić information content (AvgIpc) is 2.93. The Morgan fingerprint density at radius 3 is 2.52 bits per heavy atom. The van der Waals surface area contributed by atoms with Crippen LogP contribution >= 0.6 is 11.3 Å². The lowest BCUT2D eigenvalue weighted by Crippen LogP contribution is -2.13. The summed E-state index contributed by atoms with van der Waals surface area (Å²) in [5, 5.41) is 4.67. The molecule has 0 radical (unpaired) electrons. The van der Waals surface area contributed by atoms with Crippen molar-refractivity contribution in [3.8, 4) is 0 Å². The van der Waals surface area contributed by atoms with Crippen molar-refractivity contribution >= 4 is 44.1 Å². The average molecular weight is 383 g/mol. The molecule has 1 aromatic carbocycles. The number of rotatable bonds is 7. The van der Waals surface area contributed by atoms with Crippen molar-refractivity contribution in [2.24, 2.45) is 0 Å². The van der Waals surface area contributed by atoms with Crippen molar-refractivity contribution < 1.29 is 22.7 Å². The molecule has 1 heterocycles. The molecule has 0 aliphatic carbocycles. The normalized spacial score (nSPS) is 11.0. The first-order valence-corrected chi connectivity index (χ1v) is 10.0. The minimum atomic E-state index is -3.37. The summed E-state index contributed by atoms with van der Waals surface area (Å²) >= 11 is 1.20. The summed E-state index contributed by atoms with van der Waals surface area (Å²) in [6, 6.07) is 5.97. The van der Waals surface area contributed by atoms with Crippen LogP contribution in [-0.2, 0) is 26.0 Å². The molecule has 0 aliphatic rings. The Morgan fingerprint density at radius 1 is 1.24 bits per heavy atom. The molecule has 10 heteroatoms. The number of benzene rings is 1. The van der Waals surface area contributed by atoms with Gasteiger partial charge in [-0.15, -0.1) is 11.3 Å². The van der Waals surface area contributed by atoms with E-state index in [4.69, 9.17) is 4.74 Å². The molecule has 0 unspecified atom stereocenters. The fraction of sp³-hybridized carbons (Fsp3) is 0.267. The van der Waals surface area contributed by atoms with Crippen LogP contribution in [0.25, 0.3) is 0 Å². The minimum absolute atomic E-state index is 0.0477. The SMILES string of the molecule is CCOC(=O)Cc1csc(NC(=O)c2ccc(NS(C)(=O)=O)cc2)n1. The smallest absolute Gasteiger partial charge is 0.311 e. The molecule has 25 heavy (non-hydrogen) atoms. The second-order valence-corrected chi connectivity index (χ2v) is 7.64. The number of hydrogen-bond acceptors (Lipinski definition) is 7. The van der Waals surface area contributed by atoms with E-state index in [0.29, 0.717) is 28.7 Å². The largest absolute Gasteiger partial charge is 0.466 e. The summed E-state index contributed by atoms with van der Waals surface area (Å²) in [5.74, 6) is -0.761. The first-order valence-electron chi connectivity index (χ1n) is 7.26. The number of ether oxygens (including phenoxy) is 1. The van der Waals surface area contributed by atoms with Crippen molar-refractivity contribution in [1.29, 1.82) is 0 Å². The molecule has 2 rings (SSSR count). The van der Waals surface area contributed by atoms with Gasteiger partial charge < -0.3 is 4.74 Å². The monoisotopic (exact) mass is 383 g/mol. The molecular weight excluding hydrogens is 366 g/mol. The van der Waals surface area contributed by atoms with Crippen molar-refractivity contribution in [2.75, 3.05) is 22.9 Å². The molecule has 0 saturated carbocycles. The van der Waals surface area contributed by atoms with Crippen LogP contribution in [0.3, 0.4) is 0 Å². The summed E-state index contributed by atoms with van der Waals surface area (Å²) in [6.07, 6.45) is 1.09. The number of carbonyl (C=O) groups is 2. The topological polar surface area (TPSA) is 114 Å². The van der Waals surface area contributed by atoms with Crippen LogP contribution in [0.15, 0.2) is 29.6 Å². The summed E-state index contributed by atoms with van der Waals surface area (Å²) in [7, 11) is -3.37. The Balaban J connectivity index is 1.98. The zero-order valence-electron chi connectivity index (χ0n) is 13.6. The van der Waals surface area contributed by atoms with Gasteiger partial charge in [-0.2, -0.15) is 0 Å². The molecule has 1 amide bonds. The van der Waals surface area contributed by atoms with E-state index in [1.165, 1.54) is 35.6 Å². The molecule has 0 aliphatic heterocycles. The van der Waals surface area contributed by atoms with Gasteiger partial charge in [0.25, 0.3) is 5.91 Å². The minimum Gasteiger partial charge on any atom is -0.466 e. The number of sulfonamides is 1. The van der Waals surface area contributed by atoms with Crippen LogP contribution < -0.4 is 10.0 Å². The van der Waals surface area contributed by atoms with Gasteiger partial charge >= 0.3 is 5.97 Å². The maximum atomic E-state index is 12.2. The van der Waals surface area contributed by atoms with E-state index >= 15 is 0 Å². The van der Waals surface area contributed by atoms with Gasteiger partial charge in [0.15, 0.2) is 5.13 Å². The van der Waals surface area contributed by atoms with E-state index in [0.717, 1.165) is 6.26 Å². The third-order valence-electron chi connectivity index (χ3n) is 2.85. The molecule has 0 fully saturated rings. The fourth-order valence-corrected chi connectivity index (χ4v) is 3.15. The van der Waals surface area contributed by atoms with Crippen molar-refractivity contribution in [3.05, 3.63) is 40.9 Å². The zero-order valence-corrected chi connectivity index (χ0v) is 15.2. The third kappa shape index (κ3) is 6.16. The molecule has 8 nitrogen and oxygen atoms in total. The molecule has 2 N–H and O–H groups in total. The van der Waals surface area contributed by atoms with Crippen LogP contribution in [0.4, 0.5) is 10.8 Å². The first-order chi connectivity index (χ1) is 11.8. The molecule has 2 aromatic rings. The number of hydrogen-bond donors (Lipinski definition) is 2. The lowest BCUT2D eigenvalue weighted by atomic mass is 10.2. The second kappa shape index (κ2) is 8.08. The molecule has 0 atom stereocenters. The Kier molecular flexibility index (Phi) is 6.10. The van der Waals surface area contributed by atoms with Gasteiger partial charge in [0.2, 0.25) is 10.0 Å². The maximum absolute atomic E-state index is 12.2. The number of nitrogens with zero attached hydrogens (tertiary/aromatic N) is 1. The second-order valence-electron chi connectivity index (χ2n) is 5.03. The Hall–Kier alpha value is -2.46. The van der Waals surface area contributed by atoms with Gasteiger partial charge in [-0.05, 0) is 31.2 Å². The first kappa shape index (κ1) is 18.9. The Morgan fingerprint density at radius 2 is 1.92 bits per heavy atom. The summed E-state index contributed by atoms with van der Waals surface area (Å²) in [4.78, 5) is 27.7. The van der Waals surface area contributed by atoms with E-state index in [1.807, 2.05) is 0 Å². The van der Waals surface area contributed by atoms with Gasteiger partial charge in [0, 0.05) is 16.6 Å². The van der Waals surface area contributed by atoms with Gasteiger partial charge in [-0.1, -0.05) is 0 Å². The highest BCUT2D eigenvalue weighted by Gasteiger charge is 2.12. The van der Waals surface area contributed by atoms with E-state index in [9.17, 15) is 18.0 Å². The maximum Gasteiger partial charge on any atom is 0.311 e. The van der Waals surface area contributed by atoms with Crippen LogP contribution in [-0.4, -0.2) is 38.1 Å². The van der Waals surface area contributed by atoms with E-state index < -0.39 is 10.0 Å². The van der Waals surface area contributed by atoms with Gasteiger partial charge in [-0.25, -0.2) is 13.4 Å². The lowest BCUT2D eigenvalue weighted by Gasteiger charge is -2.05. The Labute approximate surface area is 149 Å². The summed E-state index contributed by atoms with van der Waals surface area (Å²) in [5.41, 5.74) is 1.23. The number of aromatic nitrogens is 1. The highest BCUT2D eigenvalue weighted by atomic mass is 32.2. The van der Waals surface area contributed by atoms with Gasteiger partial charge in [-0.3, -0.25) is 19.6 Å². The molecule has 134 valence electrons. The highest BCUT2D eigenvalue weighted by molar-refractivity contribution is 7.92. The van der Waals surface area contributed by atoms with E-state index in [-0.39, 0.29) is 18.3 Å². The summed E-state index contributed by atoms with van der Waals surface area (Å²) in [6.45, 7) is 2.03. The number of carbonyl (C=O) groups excluding carboxylic acids is 2. The molecule has 0 saturated heterocycles. The number of nitrogens with one attached hydrogen (secondary N) is 2. The highest BCUT2D eigenvalue weighted by Crippen LogP contribution is 2.18. The van der Waals surface area contributed by atoms with Crippen LogP contribution in [0, 0.1) is 0 Å². The third-order valence-corrected chi connectivity index (χ3v) is 4.27. The van der Waals surface area contributed by atoms with Crippen molar-refractivity contribution in [2.45, 2.75) is 13.3 Å². The predicted molar refractivity (Wildman–Crippen MR) is 95.3 cm³/mol. The quantitative estimate of drug-likeness (QED) is 0.706. The van der Waals surface area contributed by atoms with E-state index in [1.54, 1.807) is 12.3 Å². The van der Waals surface area contributed by atoms with Crippen LogP contribution in [0.2, 0.25) is 0 Å². The lowest BCUT2D eigenvalue weighted by molar-refractivity contribution is -0.142. The van der Waals surface area contributed by atoms with Crippen LogP contribution in [0.1, 0.15) is 23.0 Å². The van der Waals surface area contributed by atoms with E-state index in [2.05, 4.69) is 15.0 Å². The van der Waals surface area contributed by atoms with Gasteiger partial charge in [0.05, 0.1) is 25.0 Å². The van der Waals surface area contributed by atoms with Crippen molar-refractivity contribution in [1.82, 2.24) is 4.98 Å². The molecular formula is C15H17N3O5S2. The molecule has 0 spiro atoms. The molecule has 1 aromatic heterocycles. The number of esters is 1. The standard InChI is InChI=1S/C15H17N3O5S2/c1-3-23-13(19)8-12-9-24-15(16-12)17-14(20)10-4-6-11(7-5-10)18-25(2,21)22/h4-7,9,18H,3,8H2,1-2H3,(H,16,17,20). The number of thiazole rings is 1. The molecule has 0 bridgehead atoms. The summed E-state index contributed by atoms with van der Waals surface area (Å²) < 4.78 is 29.5. The zero-order chi connectivity index (χ0) is 18.4. The van der Waals surface area contributed by atoms with Crippen molar-refractivity contribution in [3.63, 3.8) is 0 Å².